The molecule has 2 aromatic heterocycles. The van der Waals surface area contributed by atoms with Crippen LogP contribution in [-0.4, -0.2) is 62.0 Å². The number of nitrogens with zero attached hydrogens (tertiary/aromatic N) is 6. The fourth-order valence-corrected chi connectivity index (χ4v) is 6.46. The molecule has 4 heterocycles. The average molecular weight is 683 g/mol. The minimum Gasteiger partial charge on any atom is -0.354 e. The summed E-state index contributed by atoms with van der Waals surface area (Å²) in [5.74, 6) is -1.21. The molecule has 1 saturated heterocycles. The number of hydrogen-bond acceptors (Lipinski definition) is 6. The number of hydrogen-bond donors (Lipinski definition) is 1. The molecule has 2 aliphatic heterocycles. The van der Waals surface area contributed by atoms with E-state index in [0.717, 1.165) is 17.2 Å². The van der Waals surface area contributed by atoms with E-state index in [1.807, 2.05) is 30.3 Å². The van der Waals surface area contributed by atoms with Crippen molar-refractivity contribution in [3.05, 3.63) is 99.5 Å². The number of benzene rings is 2. The second-order valence-electron chi connectivity index (χ2n) is 11.0. The lowest BCUT2D eigenvalue weighted by atomic mass is 9.84. The number of amides is 3. The summed E-state index contributed by atoms with van der Waals surface area (Å²) in [6.07, 6.45) is 0.368. The van der Waals surface area contributed by atoms with Crippen molar-refractivity contribution < 1.29 is 27.6 Å². The van der Waals surface area contributed by atoms with Gasteiger partial charge in [0, 0.05) is 41.7 Å². The van der Waals surface area contributed by atoms with Crippen LogP contribution in [0.15, 0.2) is 71.6 Å². The summed E-state index contributed by atoms with van der Waals surface area (Å²) in [7, 11) is 1.48. The van der Waals surface area contributed by atoms with Crippen LogP contribution in [0.4, 0.5) is 24.8 Å². The van der Waals surface area contributed by atoms with Gasteiger partial charge in [-0.1, -0.05) is 46.3 Å². The van der Waals surface area contributed by atoms with Crippen molar-refractivity contribution in [2.45, 2.75) is 38.0 Å². The molecule has 45 heavy (non-hydrogen) atoms. The monoisotopic (exact) mass is 681 g/mol. The van der Waals surface area contributed by atoms with E-state index >= 15 is 0 Å². The van der Waals surface area contributed by atoms with E-state index in [0.29, 0.717) is 12.2 Å². The summed E-state index contributed by atoms with van der Waals surface area (Å²) in [5.41, 5.74) is 0.751. The van der Waals surface area contributed by atoms with Crippen molar-refractivity contribution in [1.29, 1.82) is 0 Å². The van der Waals surface area contributed by atoms with E-state index in [9.17, 15) is 27.6 Å². The fourth-order valence-electron chi connectivity index (χ4n) is 5.99. The molecule has 10 nitrogen and oxygen atoms in total. The van der Waals surface area contributed by atoms with Crippen LogP contribution >= 0.6 is 15.9 Å². The number of anilines is 2. The number of fused-ring (bicyclic) bond motifs is 3. The Morgan fingerprint density at radius 3 is 2.49 bits per heavy atom. The van der Waals surface area contributed by atoms with E-state index < -0.39 is 41.6 Å². The van der Waals surface area contributed by atoms with Crippen LogP contribution in [0.2, 0.25) is 0 Å². The summed E-state index contributed by atoms with van der Waals surface area (Å²) >= 11 is 2.93. The molecular formula is C31H27BrF3N7O3. The minimum atomic E-state index is -4.65. The molecule has 0 aliphatic carbocycles. The molecule has 232 valence electrons. The Kier molecular flexibility index (Phi) is 7.93. The van der Waals surface area contributed by atoms with Crippen molar-refractivity contribution in [2.24, 2.45) is 5.92 Å². The molecule has 0 saturated carbocycles. The smallest absolute Gasteiger partial charge is 0.354 e. The first kappa shape index (κ1) is 30.4. The van der Waals surface area contributed by atoms with Gasteiger partial charge in [-0.15, -0.1) is 0 Å². The molecule has 2 unspecified atom stereocenters. The van der Waals surface area contributed by atoms with Crippen LogP contribution in [0.5, 0.6) is 0 Å². The molecule has 0 spiro atoms. The van der Waals surface area contributed by atoms with E-state index in [4.69, 9.17) is 0 Å². The Hall–Kier alpha value is -4.59. The average Bonchev–Trinajstić information content (AvgIpc) is 3.43. The normalized spacial score (nSPS) is 19.6. The van der Waals surface area contributed by atoms with Gasteiger partial charge in [0.2, 0.25) is 5.91 Å². The van der Waals surface area contributed by atoms with E-state index in [1.54, 1.807) is 17.8 Å². The number of halogens is 4. The predicted octanol–water partition coefficient (Wildman–Crippen LogP) is 5.18. The van der Waals surface area contributed by atoms with E-state index in [-0.39, 0.29) is 40.4 Å². The van der Waals surface area contributed by atoms with Gasteiger partial charge in [-0.2, -0.15) is 18.3 Å². The van der Waals surface area contributed by atoms with Gasteiger partial charge in [-0.25, -0.2) is 19.5 Å². The number of nitrogens with one attached hydrogen (secondary N) is 1. The van der Waals surface area contributed by atoms with Gasteiger partial charge in [0.25, 0.3) is 11.8 Å². The first-order valence-electron chi connectivity index (χ1n) is 14.1. The molecule has 3 amide bonds. The topological polar surface area (TPSA) is 113 Å². The third kappa shape index (κ3) is 5.58. The minimum absolute atomic E-state index is 0.0579. The van der Waals surface area contributed by atoms with Gasteiger partial charge in [-0.05, 0) is 37.1 Å². The number of piperidine rings is 1. The molecule has 14 heteroatoms. The highest BCUT2D eigenvalue weighted by Crippen LogP contribution is 2.44. The van der Waals surface area contributed by atoms with Gasteiger partial charge >= 0.3 is 6.18 Å². The van der Waals surface area contributed by atoms with Crippen molar-refractivity contribution in [2.75, 3.05) is 18.5 Å². The third-order valence-electron chi connectivity index (χ3n) is 8.23. The van der Waals surface area contributed by atoms with Crippen molar-refractivity contribution in [3.63, 3.8) is 0 Å². The zero-order valence-corrected chi connectivity index (χ0v) is 25.7. The second kappa shape index (κ2) is 11.7. The third-order valence-corrected chi connectivity index (χ3v) is 8.92. The lowest BCUT2D eigenvalue weighted by Crippen LogP contribution is -2.56. The highest BCUT2D eigenvalue weighted by molar-refractivity contribution is 9.10. The lowest BCUT2D eigenvalue weighted by molar-refractivity contribution is -0.138. The Bertz CT molecular complexity index is 1780. The fraction of sp³-hybridized carbons (Fsp3) is 0.290. The van der Waals surface area contributed by atoms with Crippen molar-refractivity contribution in [3.8, 4) is 0 Å². The highest BCUT2D eigenvalue weighted by Gasteiger charge is 2.49. The van der Waals surface area contributed by atoms with E-state index in [2.05, 4.69) is 36.3 Å². The van der Waals surface area contributed by atoms with Crippen LogP contribution < -0.4 is 10.2 Å². The zero-order chi connectivity index (χ0) is 32.0. The Morgan fingerprint density at radius 2 is 1.82 bits per heavy atom. The number of carbonyl (C=O) groups excluding carboxylic acids is 3. The van der Waals surface area contributed by atoms with Gasteiger partial charge in [-0.3, -0.25) is 14.4 Å². The van der Waals surface area contributed by atoms with Crippen molar-refractivity contribution >= 4 is 45.3 Å². The molecule has 4 aromatic rings. The van der Waals surface area contributed by atoms with Gasteiger partial charge < -0.3 is 10.2 Å². The molecule has 1 fully saturated rings. The summed E-state index contributed by atoms with van der Waals surface area (Å²) in [6, 6.07) is 12.0. The lowest BCUT2D eigenvalue weighted by Gasteiger charge is -2.46. The van der Waals surface area contributed by atoms with Crippen LogP contribution in [0, 0.1) is 5.92 Å². The Morgan fingerprint density at radius 1 is 1.07 bits per heavy atom. The summed E-state index contributed by atoms with van der Waals surface area (Å²) in [6.45, 7) is 1.83. The number of carbonyl (C=O) groups is 3. The standard InChI is InChI=1S/C31H27BrF3N7O3/c1-17-10-21-25(16-40(17)29(44)19-8-9-23(32)22(12-19)31(33,34)35)42-28(20(13-39-42)11-18-6-4-3-5-7-18)41(30(21)45)26-15-37-24(14-38-26)27(43)36-2/h3-9,12-15,17,21,25H,10-11,16H2,1-2H3,(H,36,43)/t17-,21?,25?/m1/s1. The largest absolute Gasteiger partial charge is 0.417 e. The summed E-state index contributed by atoms with van der Waals surface area (Å²) in [4.78, 5) is 51.6. The maximum absolute atomic E-state index is 14.3. The molecule has 2 aliphatic rings. The maximum Gasteiger partial charge on any atom is 0.417 e. The van der Waals surface area contributed by atoms with Crippen LogP contribution in [0.25, 0.3) is 0 Å². The number of rotatable bonds is 5. The van der Waals surface area contributed by atoms with E-state index in [1.165, 1.54) is 41.4 Å². The number of aromatic nitrogens is 4. The van der Waals surface area contributed by atoms with Crippen molar-refractivity contribution in [1.82, 2.24) is 30.0 Å². The van der Waals surface area contributed by atoms with Gasteiger partial charge in [0.15, 0.2) is 5.82 Å². The first-order chi connectivity index (χ1) is 21.5. The molecule has 1 N–H and O–H groups in total. The maximum atomic E-state index is 14.3. The highest BCUT2D eigenvalue weighted by atomic mass is 79.9. The molecular weight excluding hydrogens is 655 g/mol. The Labute approximate surface area is 264 Å². The Balaban J connectivity index is 1.40. The predicted molar refractivity (Wildman–Crippen MR) is 161 cm³/mol. The SMILES string of the molecule is CNC(=O)c1cnc(N2C(=O)C3C[C@@H](C)N(C(=O)c4ccc(Br)c(C(F)(F)F)c4)CC3n3ncc(Cc4ccccc4)c32)cn1. The molecule has 6 rings (SSSR count). The van der Waals surface area contributed by atoms with Crippen LogP contribution in [0.3, 0.4) is 0 Å². The quantitative estimate of drug-likeness (QED) is 0.311. The zero-order valence-electron chi connectivity index (χ0n) is 24.1. The number of alkyl halides is 3. The first-order valence-corrected chi connectivity index (χ1v) is 14.9. The molecule has 2 aromatic carbocycles. The molecule has 3 atom stereocenters. The van der Waals surface area contributed by atoms with Crippen LogP contribution in [0.1, 0.15) is 56.9 Å². The van der Waals surface area contributed by atoms with Crippen LogP contribution in [-0.2, 0) is 17.4 Å². The molecule has 0 radical (unpaired) electrons. The second-order valence-corrected chi connectivity index (χ2v) is 11.9. The molecule has 0 bridgehead atoms. The van der Waals surface area contributed by atoms with Gasteiger partial charge in [0.05, 0.1) is 36.1 Å². The van der Waals surface area contributed by atoms with Gasteiger partial charge in [0.1, 0.15) is 11.5 Å². The number of likely N-dealkylation sites (tertiary alicyclic amines) is 1. The summed E-state index contributed by atoms with van der Waals surface area (Å²) < 4.78 is 42.4. The summed E-state index contributed by atoms with van der Waals surface area (Å²) in [5, 5.41) is 7.16.